The summed E-state index contributed by atoms with van der Waals surface area (Å²) in [6.07, 6.45) is 0. The number of piperazine rings is 1. The van der Waals surface area contributed by atoms with Crippen LogP contribution >= 0.6 is 11.6 Å². The van der Waals surface area contributed by atoms with E-state index in [2.05, 4.69) is 15.5 Å². The number of nitrogens with zero attached hydrogens (tertiary/aromatic N) is 3. The molecule has 2 N–H and O–H groups in total. The van der Waals surface area contributed by atoms with Gasteiger partial charge in [0.05, 0.1) is 18.2 Å². The first-order chi connectivity index (χ1) is 17.4. The molecule has 4 amide bonds. The van der Waals surface area contributed by atoms with Crippen LogP contribution in [0.15, 0.2) is 65.9 Å². The monoisotopic (exact) mass is 511 g/mol. The normalized spacial score (nSPS) is 18.6. The number of carbonyl (C=O) groups excluding carboxylic acids is 3. The molecule has 2 heterocycles. The van der Waals surface area contributed by atoms with Crippen LogP contribution in [0.4, 0.5) is 15.3 Å². The molecule has 0 bridgehead atoms. The molecular weight excluding hydrogens is 482 g/mol. The fraction of sp³-hybridized carbons (Fsp3) is 0.346. The predicted octanol–water partition coefficient (Wildman–Crippen LogP) is 3.70. The van der Waals surface area contributed by atoms with Gasteiger partial charge in [-0.1, -0.05) is 41.9 Å². The molecular formula is C26H30ClN5O4. The first-order valence-corrected chi connectivity index (χ1v) is 12.3. The molecule has 0 unspecified atom stereocenters. The van der Waals surface area contributed by atoms with Crippen molar-refractivity contribution in [2.45, 2.75) is 13.0 Å². The molecule has 2 aromatic rings. The first-order valence-electron chi connectivity index (χ1n) is 11.9. The summed E-state index contributed by atoms with van der Waals surface area (Å²) in [5.74, 6) is -0.481. The summed E-state index contributed by atoms with van der Waals surface area (Å²) >= 11 is 6.20. The van der Waals surface area contributed by atoms with Crippen molar-refractivity contribution in [3.05, 3.63) is 76.5 Å². The number of likely N-dealkylation sites (N-methyl/N-ethyl adjacent to an activating group) is 1. The Morgan fingerprint density at radius 3 is 2.47 bits per heavy atom. The fourth-order valence-electron chi connectivity index (χ4n) is 4.38. The number of anilines is 1. The number of esters is 1. The van der Waals surface area contributed by atoms with Crippen molar-refractivity contribution < 1.29 is 19.1 Å². The van der Waals surface area contributed by atoms with E-state index in [1.54, 1.807) is 37.1 Å². The molecule has 2 aliphatic heterocycles. The molecule has 0 radical (unpaired) electrons. The highest BCUT2D eigenvalue weighted by Crippen LogP contribution is 2.32. The molecule has 9 nitrogen and oxygen atoms in total. The third kappa shape index (κ3) is 5.80. The maximum Gasteiger partial charge on any atom is 0.338 e. The van der Waals surface area contributed by atoms with Crippen molar-refractivity contribution >= 4 is 35.3 Å². The average molecular weight is 512 g/mol. The second-order valence-corrected chi connectivity index (χ2v) is 9.07. The number of rotatable bonds is 6. The van der Waals surface area contributed by atoms with Crippen molar-refractivity contribution in [1.82, 2.24) is 20.0 Å². The quantitative estimate of drug-likeness (QED) is 0.577. The molecule has 0 saturated carbocycles. The molecule has 2 aromatic carbocycles. The molecule has 0 aliphatic carbocycles. The van der Waals surface area contributed by atoms with E-state index < -0.39 is 12.0 Å². The lowest BCUT2D eigenvalue weighted by atomic mass is 9.94. The van der Waals surface area contributed by atoms with E-state index in [0.29, 0.717) is 54.6 Å². The Labute approximate surface area is 215 Å². The van der Waals surface area contributed by atoms with Crippen LogP contribution in [0.3, 0.4) is 0 Å². The van der Waals surface area contributed by atoms with E-state index in [4.69, 9.17) is 16.3 Å². The zero-order valence-electron chi connectivity index (χ0n) is 20.4. The van der Waals surface area contributed by atoms with Crippen LogP contribution in [0.1, 0.15) is 18.5 Å². The van der Waals surface area contributed by atoms with E-state index in [0.717, 1.165) is 5.69 Å². The summed E-state index contributed by atoms with van der Waals surface area (Å²) in [5.41, 5.74) is 2.40. The number of para-hydroxylation sites is 1. The maximum atomic E-state index is 13.1. The second kappa shape index (κ2) is 11.5. The molecule has 10 heteroatoms. The predicted molar refractivity (Wildman–Crippen MR) is 138 cm³/mol. The smallest absolute Gasteiger partial charge is 0.338 e. The van der Waals surface area contributed by atoms with Gasteiger partial charge in [-0.25, -0.2) is 14.4 Å². The highest BCUT2D eigenvalue weighted by atomic mass is 35.5. The summed E-state index contributed by atoms with van der Waals surface area (Å²) in [5, 5.41) is 6.32. The number of hydrogen-bond acceptors (Lipinski definition) is 5. The third-order valence-corrected chi connectivity index (χ3v) is 6.55. The van der Waals surface area contributed by atoms with E-state index in [9.17, 15) is 14.4 Å². The van der Waals surface area contributed by atoms with Crippen LogP contribution < -0.4 is 10.6 Å². The van der Waals surface area contributed by atoms with Crippen LogP contribution in [-0.2, 0) is 9.53 Å². The number of carbonyl (C=O) groups is 3. The molecule has 0 aromatic heterocycles. The number of halogens is 1. The Balaban J connectivity index is 1.52. The highest BCUT2D eigenvalue weighted by Gasteiger charge is 2.37. The van der Waals surface area contributed by atoms with Gasteiger partial charge in [0.25, 0.3) is 0 Å². The lowest BCUT2D eigenvalue weighted by Crippen LogP contribution is -2.53. The number of hydrogen-bond donors (Lipinski definition) is 2. The Hall–Kier alpha value is -3.56. The molecule has 1 fully saturated rings. The van der Waals surface area contributed by atoms with Gasteiger partial charge in [-0.2, -0.15) is 0 Å². The average Bonchev–Trinajstić information content (AvgIpc) is 2.87. The minimum absolute atomic E-state index is 0.150. The van der Waals surface area contributed by atoms with Crippen molar-refractivity contribution in [1.29, 1.82) is 0 Å². The molecule has 0 spiro atoms. The van der Waals surface area contributed by atoms with Gasteiger partial charge >= 0.3 is 18.0 Å². The van der Waals surface area contributed by atoms with Gasteiger partial charge in [0.1, 0.15) is 0 Å². The topological polar surface area (TPSA) is 94.2 Å². The van der Waals surface area contributed by atoms with E-state index in [-0.39, 0.29) is 18.7 Å². The van der Waals surface area contributed by atoms with Crippen LogP contribution in [0.25, 0.3) is 0 Å². The Bertz CT molecular complexity index is 1150. The summed E-state index contributed by atoms with van der Waals surface area (Å²) in [7, 11) is 1.64. The Morgan fingerprint density at radius 2 is 1.81 bits per heavy atom. The molecule has 190 valence electrons. The van der Waals surface area contributed by atoms with E-state index in [1.165, 1.54) is 4.90 Å². The van der Waals surface area contributed by atoms with Crippen LogP contribution in [-0.4, -0.2) is 79.1 Å². The zero-order valence-corrected chi connectivity index (χ0v) is 21.1. The Kier molecular flexibility index (Phi) is 8.12. The minimum atomic E-state index is -0.681. The van der Waals surface area contributed by atoms with E-state index >= 15 is 0 Å². The standard InChI is InChI=1S/C26H30ClN5O4/c1-3-36-24(33)22-21(30(2)25(34)29-23(22)18-8-7-9-19(27)16-18)17-31-12-14-32(15-13-31)26(35)28-20-10-5-4-6-11-20/h4-11,16,23H,3,12-15,17H2,1-2H3,(H,28,35)(H,29,34)/t23-/m0/s1. The maximum absolute atomic E-state index is 13.1. The molecule has 2 aliphatic rings. The molecule has 4 rings (SSSR count). The van der Waals surface area contributed by atoms with Crippen molar-refractivity contribution in [2.24, 2.45) is 0 Å². The first kappa shape index (κ1) is 25.5. The van der Waals surface area contributed by atoms with Gasteiger partial charge in [0.2, 0.25) is 0 Å². The fourth-order valence-corrected chi connectivity index (χ4v) is 4.58. The van der Waals surface area contributed by atoms with Gasteiger partial charge in [-0.15, -0.1) is 0 Å². The van der Waals surface area contributed by atoms with Crippen molar-refractivity contribution in [2.75, 3.05) is 51.7 Å². The summed E-state index contributed by atoms with van der Waals surface area (Å²) in [6, 6.07) is 15.3. The summed E-state index contributed by atoms with van der Waals surface area (Å²) < 4.78 is 5.38. The summed E-state index contributed by atoms with van der Waals surface area (Å²) in [4.78, 5) is 44.0. The molecule has 36 heavy (non-hydrogen) atoms. The second-order valence-electron chi connectivity index (χ2n) is 8.64. The lowest BCUT2D eigenvalue weighted by molar-refractivity contribution is -0.139. The lowest BCUT2D eigenvalue weighted by Gasteiger charge is -2.39. The molecule has 1 atom stereocenters. The zero-order chi connectivity index (χ0) is 25.7. The number of urea groups is 2. The van der Waals surface area contributed by atoms with Gasteiger partial charge < -0.3 is 20.3 Å². The van der Waals surface area contributed by atoms with Gasteiger partial charge in [0.15, 0.2) is 0 Å². The largest absolute Gasteiger partial charge is 0.463 e. The van der Waals surface area contributed by atoms with Gasteiger partial charge in [-0.3, -0.25) is 9.80 Å². The molecule has 1 saturated heterocycles. The minimum Gasteiger partial charge on any atom is -0.463 e. The number of benzene rings is 2. The third-order valence-electron chi connectivity index (χ3n) is 6.31. The van der Waals surface area contributed by atoms with Crippen LogP contribution in [0.5, 0.6) is 0 Å². The SMILES string of the molecule is CCOC(=O)C1=C(CN2CCN(C(=O)Nc3ccccc3)CC2)N(C)C(=O)N[C@H]1c1cccc(Cl)c1. The van der Waals surface area contributed by atoms with Crippen molar-refractivity contribution in [3.63, 3.8) is 0 Å². The van der Waals surface area contributed by atoms with Crippen LogP contribution in [0.2, 0.25) is 5.02 Å². The summed E-state index contributed by atoms with van der Waals surface area (Å²) in [6.45, 7) is 4.56. The number of amides is 4. The van der Waals surface area contributed by atoms with Crippen LogP contribution in [0, 0.1) is 0 Å². The highest BCUT2D eigenvalue weighted by molar-refractivity contribution is 6.30. The van der Waals surface area contributed by atoms with Crippen molar-refractivity contribution in [3.8, 4) is 0 Å². The number of nitrogens with one attached hydrogen (secondary N) is 2. The number of ether oxygens (including phenoxy) is 1. The Morgan fingerprint density at radius 1 is 1.08 bits per heavy atom. The van der Waals surface area contributed by atoms with E-state index in [1.807, 2.05) is 36.4 Å². The van der Waals surface area contributed by atoms with Gasteiger partial charge in [0, 0.05) is 56.2 Å². The van der Waals surface area contributed by atoms with Gasteiger partial charge in [-0.05, 0) is 36.8 Å².